The number of benzene rings is 1. The van der Waals surface area contributed by atoms with Gasteiger partial charge in [0, 0.05) is 13.1 Å². The molecule has 1 aliphatic rings. The van der Waals surface area contributed by atoms with Gasteiger partial charge < -0.3 is 14.4 Å². The SMILES string of the molecule is COc1ccc(N2CCOCC2)c2sc(C=O)nc12. The zero-order valence-corrected chi connectivity index (χ0v) is 11.4. The highest BCUT2D eigenvalue weighted by Crippen LogP contribution is 2.37. The number of rotatable bonds is 3. The van der Waals surface area contributed by atoms with Crippen LogP contribution in [-0.4, -0.2) is 44.7 Å². The minimum atomic E-state index is 0.481. The second kappa shape index (κ2) is 5.14. The molecule has 2 heterocycles. The Hall–Kier alpha value is -1.66. The number of hydrogen-bond acceptors (Lipinski definition) is 6. The van der Waals surface area contributed by atoms with Gasteiger partial charge in [-0.1, -0.05) is 0 Å². The molecule has 3 rings (SSSR count). The predicted octanol–water partition coefficient (Wildman–Crippen LogP) is 1.95. The first kappa shape index (κ1) is 12.4. The highest BCUT2D eigenvalue weighted by Gasteiger charge is 2.18. The standard InChI is InChI=1S/C13H14N2O3S/c1-17-10-3-2-9(15-4-6-18-7-5-15)13-12(10)14-11(8-16)19-13/h2-3,8H,4-7H2,1H3. The van der Waals surface area contributed by atoms with Gasteiger partial charge >= 0.3 is 0 Å². The van der Waals surface area contributed by atoms with Crippen molar-refractivity contribution in [3.05, 3.63) is 17.1 Å². The number of aldehydes is 1. The Balaban J connectivity index is 2.13. The second-order valence-electron chi connectivity index (χ2n) is 4.23. The largest absolute Gasteiger partial charge is 0.494 e. The van der Waals surface area contributed by atoms with E-state index in [1.165, 1.54) is 11.3 Å². The molecule has 100 valence electrons. The van der Waals surface area contributed by atoms with Crippen molar-refractivity contribution in [1.82, 2.24) is 4.98 Å². The van der Waals surface area contributed by atoms with Gasteiger partial charge in [0.05, 0.1) is 30.7 Å². The molecule has 6 heteroatoms. The van der Waals surface area contributed by atoms with Crippen LogP contribution in [0.25, 0.3) is 10.2 Å². The predicted molar refractivity (Wildman–Crippen MR) is 74.6 cm³/mol. The number of fused-ring (bicyclic) bond motifs is 1. The van der Waals surface area contributed by atoms with Crippen molar-refractivity contribution in [2.24, 2.45) is 0 Å². The summed E-state index contributed by atoms with van der Waals surface area (Å²) in [6, 6.07) is 3.93. The van der Waals surface area contributed by atoms with Crippen LogP contribution in [0.2, 0.25) is 0 Å². The molecule has 1 aromatic heterocycles. The van der Waals surface area contributed by atoms with Crippen molar-refractivity contribution < 1.29 is 14.3 Å². The summed E-state index contributed by atoms with van der Waals surface area (Å²) in [5.41, 5.74) is 1.86. The fraction of sp³-hybridized carbons (Fsp3) is 0.385. The summed E-state index contributed by atoms with van der Waals surface area (Å²) >= 11 is 1.41. The zero-order chi connectivity index (χ0) is 13.2. The molecule has 1 aliphatic heterocycles. The van der Waals surface area contributed by atoms with Crippen molar-refractivity contribution in [3.8, 4) is 5.75 Å². The average Bonchev–Trinajstić information content (AvgIpc) is 2.91. The third-order valence-corrected chi connectivity index (χ3v) is 4.18. The van der Waals surface area contributed by atoms with Crippen LogP contribution in [0.15, 0.2) is 12.1 Å². The van der Waals surface area contributed by atoms with Crippen molar-refractivity contribution >= 4 is 33.5 Å². The molecule has 0 atom stereocenters. The maximum absolute atomic E-state index is 10.9. The van der Waals surface area contributed by atoms with Gasteiger partial charge in [-0.2, -0.15) is 0 Å². The van der Waals surface area contributed by atoms with E-state index in [2.05, 4.69) is 9.88 Å². The number of ether oxygens (including phenoxy) is 2. The van der Waals surface area contributed by atoms with Gasteiger partial charge in [-0.3, -0.25) is 4.79 Å². The minimum Gasteiger partial charge on any atom is -0.494 e. The number of morpholine rings is 1. The lowest BCUT2D eigenvalue weighted by Crippen LogP contribution is -2.36. The molecule has 0 radical (unpaired) electrons. The molecule has 2 aromatic rings. The lowest BCUT2D eigenvalue weighted by atomic mass is 10.2. The Morgan fingerprint density at radius 2 is 2.21 bits per heavy atom. The van der Waals surface area contributed by atoms with Crippen LogP contribution in [0, 0.1) is 0 Å². The molecule has 0 saturated carbocycles. The van der Waals surface area contributed by atoms with E-state index in [0.29, 0.717) is 10.8 Å². The molecule has 0 aliphatic carbocycles. The third-order valence-electron chi connectivity index (χ3n) is 3.17. The number of carbonyl (C=O) groups excluding carboxylic acids is 1. The molecule has 0 spiro atoms. The second-order valence-corrected chi connectivity index (χ2v) is 5.26. The molecule has 0 N–H and O–H groups in total. The molecule has 1 aromatic carbocycles. The summed E-state index contributed by atoms with van der Waals surface area (Å²) in [5.74, 6) is 0.705. The molecular weight excluding hydrogens is 264 g/mol. The van der Waals surface area contributed by atoms with Gasteiger partial charge in [-0.05, 0) is 12.1 Å². The van der Waals surface area contributed by atoms with Crippen LogP contribution in [0.3, 0.4) is 0 Å². The fourth-order valence-electron chi connectivity index (χ4n) is 2.25. The van der Waals surface area contributed by atoms with Gasteiger partial charge in [0.1, 0.15) is 11.3 Å². The number of nitrogens with zero attached hydrogens (tertiary/aromatic N) is 2. The third kappa shape index (κ3) is 2.17. The summed E-state index contributed by atoms with van der Waals surface area (Å²) in [5, 5.41) is 0.481. The summed E-state index contributed by atoms with van der Waals surface area (Å²) in [4.78, 5) is 17.5. The Morgan fingerprint density at radius 1 is 1.42 bits per heavy atom. The van der Waals surface area contributed by atoms with Crippen LogP contribution in [-0.2, 0) is 4.74 Å². The monoisotopic (exact) mass is 278 g/mol. The van der Waals surface area contributed by atoms with E-state index in [0.717, 1.165) is 48.5 Å². The minimum absolute atomic E-state index is 0.481. The van der Waals surface area contributed by atoms with E-state index >= 15 is 0 Å². The molecule has 0 unspecified atom stereocenters. The van der Waals surface area contributed by atoms with Crippen molar-refractivity contribution in [3.63, 3.8) is 0 Å². The summed E-state index contributed by atoms with van der Waals surface area (Å²) < 4.78 is 11.7. The van der Waals surface area contributed by atoms with Crippen molar-refractivity contribution in [2.45, 2.75) is 0 Å². The molecule has 0 amide bonds. The van der Waals surface area contributed by atoms with Gasteiger partial charge in [0.2, 0.25) is 0 Å². The van der Waals surface area contributed by atoms with Gasteiger partial charge in [-0.15, -0.1) is 11.3 Å². The quantitative estimate of drug-likeness (QED) is 0.803. The number of thiazole rings is 1. The Bertz CT molecular complexity index is 605. The molecule has 19 heavy (non-hydrogen) atoms. The first-order valence-electron chi connectivity index (χ1n) is 6.09. The molecule has 5 nitrogen and oxygen atoms in total. The van der Waals surface area contributed by atoms with Crippen LogP contribution < -0.4 is 9.64 Å². The first-order valence-corrected chi connectivity index (χ1v) is 6.90. The van der Waals surface area contributed by atoms with Crippen LogP contribution >= 0.6 is 11.3 Å². The lowest BCUT2D eigenvalue weighted by Gasteiger charge is -2.29. The number of anilines is 1. The number of carbonyl (C=O) groups is 1. The first-order chi connectivity index (χ1) is 9.33. The van der Waals surface area contributed by atoms with Gasteiger partial charge in [-0.25, -0.2) is 4.98 Å². The number of hydrogen-bond donors (Lipinski definition) is 0. The van der Waals surface area contributed by atoms with E-state index in [1.807, 2.05) is 12.1 Å². The maximum atomic E-state index is 10.9. The Labute approximate surface area is 114 Å². The molecule has 1 saturated heterocycles. The summed E-state index contributed by atoms with van der Waals surface area (Å²) in [6.45, 7) is 3.17. The summed E-state index contributed by atoms with van der Waals surface area (Å²) in [6.07, 6.45) is 0.785. The van der Waals surface area contributed by atoms with Crippen LogP contribution in [0.5, 0.6) is 5.75 Å². The van der Waals surface area contributed by atoms with Gasteiger partial charge in [0.25, 0.3) is 0 Å². The van der Waals surface area contributed by atoms with E-state index in [1.54, 1.807) is 7.11 Å². The van der Waals surface area contributed by atoms with Crippen molar-refractivity contribution in [2.75, 3.05) is 38.3 Å². The highest BCUT2D eigenvalue weighted by atomic mass is 32.1. The number of methoxy groups -OCH3 is 1. The lowest BCUT2D eigenvalue weighted by molar-refractivity contribution is 0.112. The smallest absolute Gasteiger partial charge is 0.178 e. The molecule has 1 fully saturated rings. The van der Waals surface area contributed by atoms with Crippen LogP contribution in [0.1, 0.15) is 9.80 Å². The van der Waals surface area contributed by atoms with E-state index in [9.17, 15) is 4.79 Å². The highest BCUT2D eigenvalue weighted by molar-refractivity contribution is 7.20. The van der Waals surface area contributed by atoms with E-state index < -0.39 is 0 Å². The Kier molecular flexibility index (Phi) is 3.35. The number of aromatic nitrogens is 1. The Morgan fingerprint density at radius 3 is 2.89 bits per heavy atom. The maximum Gasteiger partial charge on any atom is 0.178 e. The van der Waals surface area contributed by atoms with E-state index in [4.69, 9.17) is 9.47 Å². The van der Waals surface area contributed by atoms with E-state index in [-0.39, 0.29) is 0 Å². The fourth-order valence-corrected chi connectivity index (χ4v) is 3.19. The average molecular weight is 278 g/mol. The normalized spacial score (nSPS) is 15.7. The van der Waals surface area contributed by atoms with Crippen molar-refractivity contribution in [1.29, 1.82) is 0 Å². The van der Waals surface area contributed by atoms with Crippen LogP contribution in [0.4, 0.5) is 5.69 Å². The summed E-state index contributed by atoms with van der Waals surface area (Å²) in [7, 11) is 1.61. The van der Waals surface area contributed by atoms with Gasteiger partial charge in [0.15, 0.2) is 11.3 Å². The molecular formula is C13H14N2O3S. The molecule has 0 bridgehead atoms. The topological polar surface area (TPSA) is 51.7 Å². The zero-order valence-electron chi connectivity index (χ0n) is 10.6.